The summed E-state index contributed by atoms with van der Waals surface area (Å²) < 4.78 is 32.3. The second-order valence-electron chi connectivity index (χ2n) is 5.45. The molecule has 1 aliphatic heterocycles. The monoisotopic (exact) mass is 351 g/mol. The maximum absolute atomic E-state index is 12.8. The van der Waals surface area contributed by atoms with Gasteiger partial charge in [0.1, 0.15) is 16.3 Å². The average Bonchev–Trinajstić information content (AvgIpc) is 3.25. The lowest BCUT2D eigenvalue weighted by atomic mass is 10.1. The summed E-state index contributed by atoms with van der Waals surface area (Å²) in [5.41, 5.74) is 0.787. The summed E-state index contributed by atoms with van der Waals surface area (Å²) in [5.74, 6) is -0.883. The van der Waals surface area contributed by atoms with Crippen LogP contribution in [-0.2, 0) is 10.0 Å². The van der Waals surface area contributed by atoms with E-state index in [2.05, 4.69) is 10.2 Å². The van der Waals surface area contributed by atoms with E-state index < -0.39 is 16.0 Å². The predicted octanol–water partition coefficient (Wildman–Crippen LogP) is 1.57. The molecule has 128 valence electrons. The van der Waals surface area contributed by atoms with Gasteiger partial charge in [-0.1, -0.05) is 0 Å². The van der Waals surface area contributed by atoms with Crippen LogP contribution in [0.25, 0.3) is 11.3 Å². The molecule has 2 aromatic rings. The standard InChI is InChI=1S/C15H17N3O5S/c1-23-13-5-4-10(11-9-12(15(19)20)17-16-11)8-14(13)24(21,22)18-6-2-3-7-18/h4-5,8-9H,2-3,6-7H2,1H3,(H,16,17)(H,19,20). The number of H-pyrrole nitrogens is 1. The van der Waals surface area contributed by atoms with Crippen LogP contribution in [0, 0.1) is 0 Å². The Hall–Kier alpha value is -2.39. The third-order valence-electron chi connectivity index (χ3n) is 3.95. The number of rotatable bonds is 5. The van der Waals surface area contributed by atoms with E-state index >= 15 is 0 Å². The molecular weight excluding hydrogens is 334 g/mol. The second-order valence-corrected chi connectivity index (χ2v) is 7.36. The number of nitrogens with zero attached hydrogens (tertiary/aromatic N) is 2. The van der Waals surface area contributed by atoms with Gasteiger partial charge in [0.05, 0.1) is 12.8 Å². The number of sulfonamides is 1. The second kappa shape index (κ2) is 6.25. The summed E-state index contributed by atoms with van der Waals surface area (Å²) in [6.45, 7) is 0.975. The van der Waals surface area contributed by atoms with Crippen molar-refractivity contribution in [2.75, 3.05) is 20.2 Å². The van der Waals surface area contributed by atoms with Gasteiger partial charge in [0.2, 0.25) is 10.0 Å². The molecule has 0 amide bonds. The molecule has 2 N–H and O–H groups in total. The molecule has 1 saturated heterocycles. The van der Waals surface area contributed by atoms with Crippen molar-refractivity contribution in [3.05, 3.63) is 30.0 Å². The number of nitrogens with one attached hydrogen (secondary N) is 1. The molecule has 0 bridgehead atoms. The highest BCUT2D eigenvalue weighted by Gasteiger charge is 2.30. The minimum absolute atomic E-state index is 0.0595. The van der Waals surface area contributed by atoms with Gasteiger partial charge in [0.25, 0.3) is 0 Å². The Morgan fingerprint density at radius 1 is 1.29 bits per heavy atom. The molecule has 9 heteroatoms. The molecule has 1 aromatic carbocycles. The van der Waals surface area contributed by atoms with E-state index in [1.165, 1.54) is 23.5 Å². The zero-order valence-corrected chi connectivity index (χ0v) is 13.8. The number of aromatic amines is 1. The van der Waals surface area contributed by atoms with E-state index in [9.17, 15) is 13.2 Å². The van der Waals surface area contributed by atoms with Crippen molar-refractivity contribution in [2.24, 2.45) is 0 Å². The first-order chi connectivity index (χ1) is 11.4. The van der Waals surface area contributed by atoms with Gasteiger partial charge >= 0.3 is 5.97 Å². The molecule has 24 heavy (non-hydrogen) atoms. The van der Waals surface area contributed by atoms with Crippen LogP contribution in [-0.4, -0.2) is 54.2 Å². The highest BCUT2D eigenvalue weighted by Crippen LogP contribution is 2.32. The van der Waals surface area contributed by atoms with Crippen LogP contribution in [0.15, 0.2) is 29.2 Å². The van der Waals surface area contributed by atoms with E-state index in [1.54, 1.807) is 12.1 Å². The van der Waals surface area contributed by atoms with Gasteiger partial charge in [-0.05, 0) is 37.1 Å². The molecule has 0 atom stereocenters. The lowest BCUT2D eigenvalue weighted by Gasteiger charge is -2.18. The molecule has 0 spiro atoms. The van der Waals surface area contributed by atoms with Crippen molar-refractivity contribution in [3.8, 4) is 17.0 Å². The molecule has 0 saturated carbocycles. The van der Waals surface area contributed by atoms with Gasteiger partial charge in [-0.3, -0.25) is 5.10 Å². The number of carbonyl (C=O) groups is 1. The molecule has 8 nitrogen and oxygen atoms in total. The molecule has 1 aromatic heterocycles. The highest BCUT2D eigenvalue weighted by atomic mass is 32.2. The maximum Gasteiger partial charge on any atom is 0.353 e. The van der Waals surface area contributed by atoms with E-state index in [4.69, 9.17) is 9.84 Å². The molecule has 1 aliphatic rings. The first kappa shape index (κ1) is 16.5. The Bertz CT molecular complexity index is 869. The fourth-order valence-electron chi connectivity index (χ4n) is 2.68. The molecule has 0 aliphatic carbocycles. The Morgan fingerprint density at radius 3 is 2.58 bits per heavy atom. The number of carboxylic acid groups (broad SMARTS) is 1. The Morgan fingerprint density at radius 2 is 2.00 bits per heavy atom. The summed E-state index contributed by atoms with van der Waals surface area (Å²) in [6, 6.07) is 6.02. The number of methoxy groups -OCH3 is 1. The molecule has 0 unspecified atom stereocenters. The van der Waals surface area contributed by atoms with Crippen molar-refractivity contribution >= 4 is 16.0 Å². The maximum atomic E-state index is 12.8. The van der Waals surface area contributed by atoms with E-state index in [0.29, 0.717) is 24.3 Å². The topological polar surface area (TPSA) is 113 Å². The number of aromatic nitrogens is 2. The van der Waals surface area contributed by atoms with Crippen molar-refractivity contribution in [2.45, 2.75) is 17.7 Å². The molecule has 1 fully saturated rings. The van der Waals surface area contributed by atoms with Gasteiger partial charge in [0.15, 0.2) is 0 Å². The van der Waals surface area contributed by atoms with Gasteiger partial charge in [0, 0.05) is 18.7 Å². The highest BCUT2D eigenvalue weighted by molar-refractivity contribution is 7.89. The Kier molecular flexibility index (Phi) is 4.29. The number of ether oxygens (including phenoxy) is 1. The van der Waals surface area contributed by atoms with Crippen LogP contribution in [0.3, 0.4) is 0 Å². The number of carboxylic acids is 1. The van der Waals surface area contributed by atoms with Gasteiger partial charge in [-0.25, -0.2) is 13.2 Å². The van der Waals surface area contributed by atoms with Crippen molar-refractivity contribution in [1.29, 1.82) is 0 Å². The third kappa shape index (κ3) is 2.87. The molecule has 2 heterocycles. The van der Waals surface area contributed by atoms with Crippen LogP contribution >= 0.6 is 0 Å². The average molecular weight is 351 g/mol. The zero-order chi connectivity index (χ0) is 17.3. The largest absolute Gasteiger partial charge is 0.495 e. The number of hydrogen-bond acceptors (Lipinski definition) is 5. The number of aromatic carboxylic acids is 1. The molecule has 0 radical (unpaired) electrons. The van der Waals surface area contributed by atoms with Crippen LogP contribution in [0.2, 0.25) is 0 Å². The quantitative estimate of drug-likeness (QED) is 0.845. The normalized spacial score (nSPS) is 15.5. The molecule has 3 rings (SSSR count). The van der Waals surface area contributed by atoms with Crippen LogP contribution in [0.4, 0.5) is 0 Å². The summed E-state index contributed by atoms with van der Waals surface area (Å²) in [7, 11) is -2.26. The van der Waals surface area contributed by atoms with Gasteiger partial charge in [-0.15, -0.1) is 0 Å². The van der Waals surface area contributed by atoms with Crippen LogP contribution in [0.5, 0.6) is 5.75 Å². The van der Waals surface area contributed by atoms with Crippen LogP contribution in [0.1, 0.15) is 23.3 Å². The first-order valence-corrected chi connectivity index (χ1v) is 8.85. The minimum Gasteiger partial charge on any atom is -0.495 e. The van der Waals surface area contributed by atoms with E-state index in [-0.39, 0.29) is 16.3 Å². The van der Waals surface area contributed by atoms with E-state index in [1.807, 2.05) is 0 Å². The Balaban J connectivity index is 2.06. The van der Waals surface area contributed by atoms with Crippen molar-refractivity contribution < 1.29 is 23.1 Å². The lowest BCUT2D eigenvalue weighted by molar-refractivity contribution is 0.0690. The Labute approximate surface area is 139 Å². The fraction of sp³-hybridized carbons (Fsp3) is 0.333. The van der Waals surface area contributed by atoms with Crippen molar-refractivity contribution in [3.63, 3.8) is 0 Å². The van der Waals surface area contributed by atoms with Crippen LogP contribution < -0.4 is 4.74 Å². The smallest absolute Gasteiger partial charge is 0.353 e. The van der Waals surface area contributed by atoms with Gasteiger partial charge in [-0.2, -0.15) is 9.40 Å². The summed E-state index contributed by atoms with van der Waals surface area (Å²) in [4.78, 5) is 11.0. The molecular formula is C15H17N3O5S. The number of hydrogen-bond donors (Lipinski definition) is 2. The lowest BCUT2D eigenvalue weighted by Crippen LogP contribution is -2.28. The summed E-state index contributed by atoms with van der Waals surface area (Å²) in [6.07, 6.45) is 1.67. The SMILES string of the molecule is COc1ccc(-c2cc(C(=O)O)[nH]n2)cc1S(=O)(=O)N1CCCC1. The zero-order valence-electron chi connectivity index (χ0n) is 13.0. The minimum atomic E-state index is -3.67. The number of benzene rings is 1. The predicted molar refractivity (Wildman–Crippen MR) is 85.5 cm³/mol. The van der Waals surface area contributed by atoms with Crippen molar-refractivity contribution in [1.82, 2.24) is 14.5 Å². The van der Waals surface area contributed by atoms with E-state index in [0.717, 1.165) is 12.8 Å². The summed E-state index contributed by atoms with van der Waals surface area (Å²) >= 11 is 0. The fourth-order valence-corrected chi connectivity index (χ4v) is 4.38. The first-order valence-electron chi connectivity index (χ1n) is 7.41. The van der Waals surface area contributed by atoms with Gasteiger partial charge < -0.3 is 9.84 Å². The summed E-state index contributed by atoms with van der Waals surface area (Å²) in [5, 5.41) is 15.3. The third-order valence-corrected chi connectivity index (χ3v) is 5.87.